The molecule has 0 amide bonds. The Kier molecular flexibility index (Phi) is 4.86. The van der Waals surface area contributed by atoms with E-state index in [4.69, 9.17) is 23.2 Å². The standard InChI is InChI=1S/C16H21Cl2NO2/c1-16(2,3)8-10-7-11(14(19-10)15(20)21)9-4-5-12(17)13(18)6-9/h4-6,10-11,14,19H,7-8H2,1-3H3,(H,20,21). The number of aliphatic carboxylic acids is 1. The van der Waals surface area contributed by atoms with Gasteiger partial charge in [-0.1, -0.05) is 50.0 Å². The fraction of sp³-hybridized carbons (Fsp3) is 0.562. The maximum Gasteiger partial charge on any atom is 0.321 e. The lowest BCUT2D eigenvalue weighted by Crippen LogP contribution is -2.38. The summed E-state index contributed by atoms with van der Waals surface area (Å²) in [5.74, 6) is -0.896. The van der Waals surface area contributed by atoms with E-state index < -0.39 is 12.0 Å². The highest BCUT2D eigenvalue weighted by Gasteiger charge is 2.40. The van der Waals surface area contributed by atoms with Crippen LogP contribution in [-0.2, 0) is 4.79 Å². The SMILES string of the molecule is CC(C)(C)CC1CC(c2ccc(Cl)c(Cl)c2)C(C(=O)O)N1. The van der Waals surface area contributed by atoms with Crippen molar-refractivity contribution < 1.29 is 9.90 Å². The van der Waals surface area contributed by atoms with Crippen molar-refractivity contribution >= 4 is 29.2 Å². The molecule has 0 aromatic heterocycles. The molecule has 3 unspecified atom stereocenters. The first-order valence-corrected chi connectivity index (χ1v) is 7.87. The fourth-order valence-corrected chi connectivity index (χ4v) is 3.38. The summed E-state index contributed by atoms with van der Waals surface area (Å²) < 4.78 is 0. The van der Waals surface area contributed by atoms with Gasteiger partial charge in [-0.25, -0.2) is 0 Å². The minimum Gasteiger partial charge on any atom is -0.480 e. The first-order chi connectivity index (χ1) is 9.67. The number of nitrogens with one attached hydrogen (secondary N) is 1. The molecule has 3 nitrogen and oxygen atoms in total. The van der Waals surface area contributed by atoms with Gasteiger partial charge in [-0.3, -0.25) is 4.79 Å². The average molecular weight is 330 g/mol. The number of carboxylic acid groups (broad SMARTS) is 1. The molecule has 116 valence electrons. The summed E-state index contributed by atoms with van der Waals surface area (Å²) in [7, 11) is 0. The van der Waals surface area contributed by atoms with E-state index >= 15 is 0 Å². The van der Waals surface area contributed by atoms with Crippen molar-refractivity contribution in [3.63, 3.8) is 0 Å². The predicted molar refractivity (Wildman–Crippen MR) is 86.2 cm³/mol. The summed E-state index contributed by atoms with van der Waals surface area (Å²) in [5, 5.41) is 13.7. The molecule has 1 aromatic carbocycles. The summed E-state index contributed by atoms with van der Waals surface area (Å²) in [6.45, 7) is 6.49. The molecule has 1 aliphatic heterocycles. The second kappa shape index (κ2) is 6.15. The summed E-state index contributed by atoms with van der Waals surface area (Å²) in [6, 6.07) is 5.01. The van der Waals surface area contributed by atoms with Crippen LogP contribution in [0.3, 0.4) is 0 Å². The van der Waals surface area contributed by atoms with Gasteiger partial charge < -0.3 is 10.4 Å². The Balaban J connectivity index is 2.23. The zero-order valence-corrected chi connectivity index (χ0v) is 14.0. The van der Waals surface area contributed by atoms with E-state index in [1.54, 1.807) is 12.1 Å². The first-order valence-electron chi connectivity index (χ1n) is 7.11. The Bertz CT molecular complexity index is 540. The van der Waals surface area contributed by atoms with Gasteiger partial charge in [0, 0.05) is 12.0 Å². The molecule has 1 heterocycles. The average Bonchev–Trinajstić information content (AvgIpc) is 2.74. The van der Waals surface area contributed by atoms with Gasteiger partial charge in [0.05, 0.1) is 10.0 Å². The first kappa shape index (κ1) is 16.6. The van der Waals surface area contributed by atoms with Crippen LogP contribution < -0.4 is 5.32 Å². The molecule has 1 fully saturated rings. The van der Waals surface area contributed by atoms with E-state index in [0.29, 0.717) is 10.0 Å². The Labute approximate surface area is 135 Å². The molecule has 0 saturated carbocycles. The topological polar surface area (TPSA) is 49.3 Å². The van der Waals surface area contributed by atoms with Crippen LogP contribution in [0.5, 0.6) is 0 Å². The van der Waals surface area contributed by atoms with Crippen LogP contribution >= 0.6 is 23.2 Å². The normalized spacial score (nSPS) is 26.0. The van der Waals surface area contributed by atoms with Crippen LogP contribution in [0.15, 0.2) is 18.2 Å². The van der Waals surface area contributed by atoms with Gasteiger partial charge in [-0.05, 0) is 36.0 Å². The third-order valence-electron chi connectivity index (χ3n) is 3.85. The quantitative estimate of drug-likeness (QED) is 0.867. The lowest BCUT2D eigenvalue weighted by molar-refractivity contribution is -0.139. The number of hydrogen-bond donors (Lipinski definition) is 2. The Morgan fingerprint density at radius 1 is 1.33 bits per heavy atom. The molecule has 5 heteroatoms. The number of carboxylic acids is 1. The molecule has 1 saturated heterocycles. The predicted octanol–water partition coefficient (Wildman–Crippen LogP) is 4.33. The van der Waals surface area contributed by atoms with Crippen molar-refractivity contribution in [2.45, 2.75) is 51.6 Å². The van der Waals surface area contributed by atoms with Crippen LogP contribution in [-0.4, -0.2) is 23.2 Å². The zero-order valence-electron chi connectivity index (χ0n) is 12.5. The van der Waals surface area contributed by atoms with Gasteiger partial charge >= 0.3 is 5.97 Å². The molecular formula is C16H21Cl2NO2. The number of benzene rings is 1. The fourth-order valence-electron chi connectivity index (χ4n) is 3.08. The van der Waals surface area contributed by atoms with Gasteiger partial charge in [-0.2, -0.15) is 0 Å². The third-order valence-corrected chi connectivity index (χ3v) is 4.59. The summed E-state index contributed by atoms with van der Waals surface area (Å²) in [4.78, 5) is 11.5. The van der Waals surface area contributed by atoms with Gasteiger partial charge in [0.25, 0.3) is 0 Å². The monoisotopic (exact) mass is 329 g/mol. The second-order valence-corrected chi connectivity index (χ2v) is 7.77. The van der Waals surface area contributed by atoms with E-state index in [2.05, 4.69) is 26.1 Å². The van der Waals surface area contributed by atoms with Crippen LogP contribution in [0.1, 0.15) is 45.1 Å². The van der Waals surface area contributed by atoms with Crippen LogP contribution in [0.2, 0.25) is 10.0 Å². The molecule has 1 aromatic rings. The molecule has 3 atom stereocenters. The highest BCUT2D eigenvalue weighted by atomic mass is 35.5. The highest BCUT2D eigenvalue weighted by Crippen LogP contribution is 2.37. The second-order valence-electron chi connectivity index (χ2n) is 6.96. The van der Waals surface area contributed by atoms with Crippen molar-refractivity contribution in [3.8, 4) is 0 Å². The van der Waals surface area contributed by atoms with Crippen LogP contribution in [0.4, 0.5) is 0 Å². The van der Waals surface area contributed by atoms with Crippen molar-refractivity contribution in [2.75, 3.05) is 0 Å². The largest absolute Gasteiger partial charge is 0.480 e. The zero-order chi connectivity index (χ0) is 15.8. The van der Waals surface area contributed by atoms with Crippen molar-refractivity contribution in [1.82, 2.24) is 5.32 Å². The van der Waals surface area contributed by atoms with E-state index in [9.17, 15) is 9.90 Å². The Morgan fingerprint density at radius 2 is 2.00 bits per heavy atom. The van der Waals surface area contributed by atoms with E-state index in [1.807, 2.05) is 6.07 Å². The molecule has 0 radical (unpaired) electrons. The van der Waals surface area contributed by atoms with E-state index in [-0.39, 0.29) is 17.4 Å². The summed E-state index contributed by atoms with van der Waals surface area (Å²) in [6.07, 6.45) is 1.74. The van der Waals surface area contributed by atoms with Gasteiger partial charge in [0.15, 0.2) is 0 Å². The number of carbonyl (C=O) groups is 1. The minimum absolute atomic E-state index is 0.0791. The number of halogens is 2. The van der Waals surface area contributed by atoms with E-state index in [0.717, 1.165) is 18.4 Å². The third kappa shape index (κ3) is 4.12. The molecular weight excluding hydrogens is 309 g/mol. The molecule has 2 N–H and O–H groups in total. The van der Waals surface area contributed by atoms with Crippen molar-refractivity contribution in [3.05, 3.63) is 33.8 Å². The number of rotatable bonds is 3. The molecule has 1 aliphatic rings. The number of hydrogen-bond acceptors (Lipinski definition) is 2. The smallest absolute Gasteiger partial charge is 0.321 e. The minimum atomic E-state index is -0.817. The van der Waals surface area contributed by atoms with Gasteiger partial charge in [0.2, 0.25) is 0 Å². The summed E-state index contributed by atoms with van der Waals surface area (Å²) in [5.41, 5.74) is 1.09. The molecule has 21 heavy (non-hydrogen) atoms. The maximum atomic E-state index is 11.5. The van der Waals surface area contributed by atoms with E-state index in [1.165, 1.54) is 0 Å². The highest BCUT2D eigenvalue weighted by molar-refractivity contribution is 6.42. The van der Waals surface area contributed by atoms with Crippen molar-refractivity contribution in [2.24, 2.45) is 5.41 Å². The van der Waals surface area contributed by atoms with Crippen LogP contribution in [0.25, 0.3) is 0 Å². The summed E-state index contributed by atoms with van der Waals surface area (Å²) >= 11 is 12.0. The lowest BCUT2D eigenvalue weighted by Gasteiger charge is -2.23. The molecule has 0 aliphatic carbocycles. The van der Waals surface area contributed by atoms with Crippen LogP contribution in [0, 0.1) is 5.41 Å². The molecule has 0 spiro atoms. The van der Waals surface area contributed by atoms with Gasteiger partial charge in [-0.15, -0.1) is 0 Å². The van der Waals surface area contributed by atoms with Gasteiger partial charge in [0.1, 0.15) is 6.04 Å². The molecule has 0 bridgehead atoms. The molecule has 2 rings (SSSR count). The maximum absolute atomic E-state index is 11.5. The lowest BCUT2D eigenvalue weighted by atomic mass is 9.84. The van der Waals surface area contributed by atoms with Crippen molar-refractivity contribution in [1.29, 1.82) is 0 Å². The Hall–Kier alpha value is -0.770. The Morgan fingerprint density at radius 3 is 2.52 bits per heavy atom.